The van der Waals surface area contributed by atoms with Crippen molar-refractivity contribution < 1.29 is 18.7 Å². The number of nitrogens with one attached hydrogen (secondary N) is 1. The number of aryl methyl sites for hydroxylation is 2. The van der Waals surface area contributed by atoms with Gasteiger partial charge in [0.05, 0.1) is 12.6 Å². The number of hydrogen-bond donors (Lipinski definition) is 1. The summed E-state index contributed by atoms with van der Waals surface area (Å²) in [6.45, 7) is 10.7. The normalized spacial score (nSPS) is 11.7. The first kappa shape index (κ1) is 23.3. The Labute approximate surface area is 189 Å². The highest BCUT2D eigenvalue weighted by Gasteiger charge is 2.15. The van der Waals surface area contributed by atoms with Gasteiger partial charge in [-0.2, -0.15) is 0 Å². The first-order valence-electron chi connectivity index (χ1n) is 10.8. The van der Waals surface area contributed by atoms with Crippen LogP contribution >= 0.6 is 0 Å². The van der Waals surface area contributed by atoms with Crippen molar-refractivity contribution in [3.63, 3.8) is 0 Å². The molecule has 1 atom stereocenters. The Balaban J connectivity index is 1.79. The maximum atomic E-state index is 13.2. The van der Waals surface area contributed by atoms with E-state index in [-0.39, 0.29) is 24.4 Å². The smallest absolute Gasteiger partial charge is 0.251 e. The van der Waals surface area contributed by atoms with E-state index in [1.807, 2.05) is 33.8 Å². The van der Waals surface area contributed by atoms with E-state index in [4.69, 9.17) is 9.47 Å². The van der Waals surface area contributed by atoms with Gasteiger partial charge in [0.2, 0.25) is 0 Å². The van der Waals surface area contributed by atoms with Gasteiger partial charge in [-0.05, 0) is 93.3 Å². The van der Waals surface area contributed by atoms with E-state index in [0.29, 0.717) is 17.9 Å². The highest BCUT2D eigenvalue weighted by molar-refractivity contribution is 5.94. The van der Waals surface area contributed by atoms with Gasteiger partial charge in [-0.25, -0.2) is 4.39 Å². The highest BCUT2D eigenvalue weighted by atomic mass is 19.1. The SMILES string of the molecule is CCOc1ccc(C(=O)NC(C)c2ccc(F)cc2)cc1COc1cc(C)cc(C)c1C. The Morgan fingerprint density at radius 1 is 0.969 bits per heavy atom. The molecule has 168 valence electrons. The summed E-state index contributed by atoms with van der Waals surface area (Å²) in [5.74, 6) is 0.999. The van der Waals surface area contributed by atoms with Crippen molar-refractivity contribution in [2.24, 2.45) is 0 Å². The van der Waals surface area contributed by atoms with Crippen molar-refractivity contribution in [3.05, 3.63) is 93.8 Å². The molecular formula is C27H30FNO3. The van der Waals surface area contributed by atoms with Crippen LogP contribution in [0, 0.1) is 26.6 Å². The summed E-state index contributed by atoms with van der Waals surface area (Å²) in [5, 5.41) is 2.97. The average molecular weight is 436 g/mol. The van der Waals surface area contributed by atoms with Crippen LogP contribution in [0.3, 0.4) is 0 Å². The second-order valence-electron chi connectivity index (χ2n) is 8.00. The molecule has 3 aromatic rings. The van der Waals surface area contributed by atoms with E-state index in [9.17, 15) is 9.18 Å². The molecule has 0 radical (unpaired) electrons. The number of carbonyl (C=O) groups excluding carboxylic acids is 1. The molecule has 1 N–H and O–H groups in total. The highest BCUT2D eigenvalue weighted by Crippen LogP contribution is 2.27. The Hall–Kier alpha value is -3.34. The van der Waals surface area contributed by atoms with Gasteiger partial charge in [0.15, 0.2) is 0 Å². The third-order valence-electron chi connectivity index (χ3n) is 5.49. The van der Waals surface area contributed by atoms with Crippen molar-refractivity contribution in [1.82, 2.24) is 5.32 Å². The molecular weight excluding hydrogens is 405 g/mol. The minimum atomic E-state index is -0.303. The fraction of sp³-hybridized carbons (Fsp3) is 0.296. The van der Waals surface area contributed by atoms with E-state index in [2.05, 4.69) is 18.3 Å². The van der Waals surface area contributed by atoms with Crippen LogP contribution < -0.4 is 14.8 Å². The Bertz CT molecular complexity index is 1090. The second-order valence-corrected chi connectivity index (χ2v) is 8.00. The second kappa shape index (κ2) is 10.3. The number of benzene rings is 3. The molecule has 32 heavy (non-hydrogen) atoms. The molecule has 0 saturated heterocycles. The largest absolute Gasteiger partial charge is 0.493 e. The van der Waals surface area contributed by atoms with Crippen molar-refractivity contribution in [1.29, 1.82) is 0 Å². The van der Waals surface area contributed by atoms with Crippen LogP contribution in [-0.2, 0) is 6.61 Å². The van der Waals surface area contributed by atoms with Gasteiger partial charge in [-0.15, -0.1) is 0 Å². The zero-order valence-corrected chi connectivity index (χ0v) is 19.3. The van der Waals surface area contributed by atoms with E-state index in [1.54, 1.807) is 30.3 Å². The number of carbonyl (C=O) groups is 1. The van der Waals surface area contributed by atoms with Crippen LogP contribution in [0.4, 0.5) is 4.39 Å². The number of halogens is 1. The van der Waals surface area contributed by atoms with E-state index in [0.717, 1.165) is 28.0 Å². The lowest BCUT2D eigenvalue weighted by Gasteiger charge is -2.17. The topological polar surface area (TPSA) is 47.6 Å². The van der Waals surface area contributed by atoms with Crippen LogP contribution in [0.15, 0.2) is 54.6 Å². The zero-order chi connectivity index (χ0) is 23.3. The van der Waals surface area contributed by atoms with Crippen molar-refractivity contribution >= 4 is 5.91 Å². The molecule has 0 aromatic heterocycles. The zero-order valence-electron chi connectivity index (χ0n) is 19.3. The molecule has 4 nitrogen and oxygen atoms in total. The molecule has 0 aliphatic rings. The summed E-state index contributed by atoms with van der Waals surface area (Å²) in [6, 6.07) is 15.3. The van der Waals surface area contributed by atoms with Crippen LogP contribution in [-0.4, -0.2) is 12.5 Å². The maximum absolute atomic E-state index is 13.2. The molecule has 3 aromatic carbocycles. The number of hydrogen-bond acceptors (Lipinski definition) is 3. The Kier molecular flexibility index (Phi) is 7.52. The molecule has 0 saturated carbocycles. The van der Waals surface area contributed by atoms with Gasteiger partial charge >= 0.3 is 0 Å². The Morgan fingerprint density at radius 3 is 2.38 bits per heavy atom. The minimum Gasteiger partial charge on any atom is -0.493 e. The molecule has 1 amide bonds. The molecule has 0 heterocycles. The molecule has 1 unspecified atom stereocenters. The van der Waals surface area contributed by atoms with Crippen molar-refractivity contribution in [3.8, 4) is 11.5 Å². The summed E-state index contributed by atoms with van der Waals surface area (Å²) in [6.07, 6.45) is 0. The van der Waals surface area contributed by atoms with E-state index in [1.165, 1.54) is 17.7 Å². The van der Waals surface area contributed by atoms with Crippen molar-refractivity contribution in [2.75, 3.05) is 6.61 Å². The molecule has 5 heteroatoms. The third kappa shape index (κ3) is 5.67. The van der Waals surface area contributed by atoms with Gasteiger partial charge < -0.3 is 14.8 Å². The van der Waals surface area contributed by atoms with Crippen molar-refractivity contribution in [2.45, 2.75) is 47.3 Å². The molecule has 0 fully saturated rings. The first-order chi connectivity index (χ1) is 15.3. The van der Waals surface area contributed by atoms with Crippen LogP contribution in [0.1, 0.15) is 58.1 Å². The predicted octanol–water partition coefficient (Wildman–Crippen LogP) is 6.22. The number of amides is 1. The molecule has 0 aliphatic carbocycles. The van der Waals surface area contributed by atoms with Gasteiger partial charge in [-0.1, -0.05) is 18.2 Å². The van der Waals surface area contributed by atoms with E-state index >= 15 is 0 Å². The maximum Gasteiger partial charge on any atom is 0.251 e. The number of ether oxygens (including phenoxy) is 2. The predicted molar refractivity (Wildman–Crippen MR) is 125 cm³/mol. The minimum absolute atomic E-state index is 0.214. The van der Waals surface area contributed by atoms with Crippen LogP contribution in [0.5, 0.6) is 11.5 Å². The molecule has 3 rings (SSSR count). The summed E-state index contributed by atoms with van der Waals surface area (Å²) >= 11 is 0. The average Bonchev–Trinajstić information content (AvgIpc) is 2.76. The first-order valence-corrected chi connectivity index (χ1v) is 10.8. The molecule has 0 spiro atoms. The summed E-state index contributed by atoms with van der Waals surface area (Å²) < 4.78 is 25.0. The lowest BCUT2D eigenvalue weighted by Crippen LogP contribution is -2.26. The fourth-order valence-electron chi connectivity index (χ4n) is 3.55. The Morgan fingerprint density at radius 2 is 1.69 bits per heavy atom. The van der Waals surface area contributed by atoms with E-state index < -0.39 is 0 Å². The van der Waals surface area contributed by atoms with Crippen LogP contribution in [0.2, 0.25) is 0 Å². The van der Waals surface area contributed by atoms with Gasteiger partial charge in [0.25, 0.3) is 5.91 Å². The van der Waals surface area contributed by atoms with Gasteiger partial charge in [0, 0.05) is 11.1 Å². The summed E-state index contributed by atoms with van der Waals surface area (Å²) in [7, 11) is 0. The lowest BCUT2D eigenvalue weighted by molar-refractivity contribution is 0.0939. The summed E-state index contributed by atoms with van der Waals surface area (Å²) in [5.41, 5.74) is 5.55. The quantitative estimate of drug-likeness (QED) is 0.457. The number of rotatable bonds is 8. The standard InChI is InChI=1S/C27H30FNO3/c1-6-31-25-12-9-22(27(30)29-20(5)21-7-10-24(28)11-8-21)15-23(25)16-32-26-14-17(2)13-18(3)19(26)4/h7-15,20H,6,16H2,1-5H3,(H,29,30). The molecule has 0 aliphatic heterocycles. The van der Waals surface area contributed by atoms with Gasteiger partial charge in [0.1, 0.15) is 23.9 Å². The monoisotopic (exact) mass is 435 g/mol. The fourth-order valence-corrected chi connectivity index (χ4v) is 3.55. The molecule has 0 bridgehead atoms. The van der Waals surface area contributed by atoms with Crippen LogP contribution in [0.25, 0.3) is 0 Å². The third-order valence-corrected chi connectivity index (χ3v) is 5.49. The van der Waals surface area contributed by atoms with Gasteiger partial charge in [-0.3, -0.25) is 4.79 Å². The summed E-state index contributed by atoms with van der Waals surface area (Å²) in [4.78, 5) is 12.9. The lowest BCUT2D eigenvalue weighted by atomic mass is 10.1.